The molecule has 0 bridgehead atoms. The lowest BCUT2D eigenvalue weighted by Crippen LogP contribution is -2.53. The fraction of sp³-hybridized carbons (Fsp3) is 0.344. The van der Waals surface area contributed by atoms with E-state index in [1.807, 2.05) is 66.0 Å². The van der Waals surface area contributed by atoms with Crippen LogP contribution in [0.15, 0.2) is 72.8 Å². The van der Waals surface area contributed by atoms with E-state index < -0.39 is 12.1 Å². The van der Waals surface area contributed by atoms with Crippen molar-refractivity contribution in [1.29, 1.82) is 0 Å². The Morgan fingerprint density at radius 2 is 1.68 bits per heavy atom. The summed E-state index contributed by atoms with van der Waals surface area (Å²) in [6, 6.07) is 22.5. The molecule has 3 aromatic carbocycles. The lowest BCUT2D eigenvalue weighted by Gasteiger charge is -2.36. The number of para-hydroxylation sites is 1. The Morgan fingerprint density at radius 1 is 0.975 bits per heavy atom. The number of hydrogen-bond acceptors (Lipinski definition) is 5. The van der Waals surface area contributed by atoms with Crippen molar-refractivity contribution in [2.45, 2.75) is 43.7 Å². The Balaban J connectivity index is 1.30. The highest BCUT2D eigenvalue weighted by Crippen LogP contribution is 2.33. The lowest BCUT2D eigenvalue weighted by molar-refractivity contribution is -0.137. The molecule has 0 aromatic heterocycles. The van der Waals surface area contributed by atoms with Crippen LogP contribution in [0.2, 0.25) is 5.02 Å². The van der Waals surface area contributed by atoms with Gasteiger partial charge in [-0.25, -0.2) is 0 Å². The quantitative estimate of drug-likeness (QED) is 0.315. The van der Waals surface area contributed by atoms with Crippen molar-refractivity contribution in [3.63, 3.8) is 0 Å². The summed E-state index contributed by atoms with van der Waals surface area (Å²) in [6.45, 7) is 4.48. The van der Waals surface area contributed by atoms with E-state index in [9.17, 15) is 9.59 Å². The van der Waals surface area contributed by atoms with Crippen LogP contribution in [0.3, 0.4) is 0 Å². The molecule has 8 heteroatoms. The maximum atomic E-state index is 13.9. The molecule has 1 radical (unpaired) electrons. The van der Waals surface area contributed by atoms with Gasteiger partial charge in [0.1, 0.15) is 12.1 Å². The average molecular weight is 559 g/mol. The van der Waals surface area contributed by atoms with Gasteiger partial charge in [-0.3, -0.25) is 14.9 Å². The minimum atomic E-state index is -0.681. The van der Waals surface area contributed by atoms with Crippen molar-refractivity contribution in [2.24, 2.45) is 5.73 Å². The number of hydrogen-bond donors (Lipinski definition) is 4. The van der Waals surface area contributed by atoms with Crippen molar-refractivity contribution < 1.29 is 9.59 Å². The highest BCUT2D eigenvalue weighted by Gasteiger charge is 2.33. The van der Waals surface area contributed by atoms with Gasteiger partial charge in [0.2, 0.25) is 11.8 Å². The van der Waals surface area contributed by atoms with Crippen molar-refractivity contribution in [3.05, 3.63) is 107 Å². The van der Waals surface area contributed by atoms with E-state index in [1.165, 1.54) is 5.56 Å². The van der Waals surface area contributed by atoms with Crippen LogP contribution in [0, 0.1) is 6.54 Å². The van der Waals surface area contributed by atoms with Gasteiger partial charge in [-0.15, -0.1) is 0 Å². The largest absolute Gasteiger partial charge is 0.384 e. The predicted octanol–water partition coefficient (Wildman–Crippen LogP) is 4.19. The molecule has 0 saturated carbocycles. The SMILES string of the molecule is NCCNc1ccccc1C1CCN(C(=O)[C@@H](Cc2ccc(Cl)cc2)NC(=O)C2N[CH]Cc3ccccc32)CC1. The molecule has 2 aliphatic rings. The molecule has 2 aliphatic heterocycles. The van der Waals surface area contributed by atoms with Gasteiger partial charge in [0, 0.05) is 49.9 Å². The smallest absolute Gasteiger partial charge is 0.245 e. The fourth-order valence-electron chi connectivity index (χ4n) is 5.76. The molecular formula is C32H37ClN5O2. The van der Waals surface area contributed by atoms with E-state index in [-0.39, 0.29) is 11.8 Å². The molecule has 3 aromatic rings. The maximum absolute atomic E-state index is 13.9. The molecule has 209 valence electrons. The van der Waals surface area contributed by atoms with Gasteiger partial charge in [-0.05, 0) is 65.6 Å². The number of nitrogens with two attached hydrogens (primary N) is 1. The van der Waals surface area contributed by atoms with Gasteiger partial charge < -0.3 is 21.3 Å². The van der Waals surface area contributed by atoms with E-state index in [0.29, 0.717) is 37.0 Å². The van der Waals surface area contributed by atoms with Crippen LogP contribution >= 0.6 is 11.6 Å². The maximum Gasteiger partial charge on any atom is 0.245 e. The Kier molecular flexibility index (Phi) is 9.37. The van der Waals surface area contributed by atoms with Gasteiger partial charge in [-0.1, -0.05) is 66.2 Å². The first kappa shape index (κ1) is 28.1. The second-order valence-electron chi connectivity index (χ2n) is 10.5. The first-order chi connectivity index (χ1) is 19.5. The molecule has 5 rings (SSSR count). The Morgan fingerprint density at radius 3 is 2.42 bits per heavy atom. The summed E-state index contributed by atoms with van der Waals surface area (Å²) >= 11 is 6.10. The highest BCUT2D eigenvalue weighted by molar-refractivity contribution is 6.30. The number of nitrogens with zero attached hydrogens (tertiary/aromatic N) is 1. The molecule has 40 heavy (non-hydrogen) atoms. The van der Waals surface area contributed by atoms with Gasteiger partial charge in [0.05, 0.1) is 0 Å². The van der Waals surface area contributed by atoms with E-state index >= 15 is 0 Å². The zero-order valence-corrected chi connectivity index (χ0v) is 23.4. The van der Waals surface area contributed by atoms with Crippen molar-refractivity contribution >= 4 is 29.1 Å². The van der Waals surface area contributed by atoms with E-state index in [4.69, 9.17) is 17.3 Å². The van der Waals surface area contributed by atoms with Crippen LogP contribution < -0.4 is 21.7 Å². The minimum Gasteiger partial charge on any atom is -0.384 e. The molecule has 0 aliphatic carbocycles. The fourth-order valence-corrected chi connectivity index (χ4v) is 5.88. The number of piperidine rings is 1. The third kappa shape index (κ3) is 6.66. The molecule has 2 atom stereocenters. The Hall–Kier alpha value is -3.39. The molecule has 2 heterocycles. The van der Waals surface area contributed by atoms with Gasteiger partial charge in [-0.2, -0.15) is 0 Å². The summed E-state index contributed by atoms with van der Waals surface area (Å²) in [5.41, 5.74) is 11.1. The molecule has 1 unspecified atom stereocenters. The average Bonchev–Trinajstić information content (AvgIpc) is 3.00. The number of rotatable bonds is 9. The number of carbonyl (C=O) groups is 2. The van der Waals surface area contributed by atoms with Gasteiger partial charge in [0.25, 0.3) is 0 Å². The number of anilines is 1. The summed E-state index contributed by atoms with van der Waals surface area (Å²) in [4.78, 5) is 29.4. The lowest BCUT2D eigenvalue weighted by atomic mass is 9.88. The number of likely N-dealkylation sites (tertiary alicyclic amines) is 1. The summed E-state index contributed by atoms with van der Waals surface area (Å²) in [7, 11) is 0. The Labute approximate surface area is 241 Å². The van der Waals surface area contributed by atoms with Crippen LogP contribution in [0.1, 0.15) is 47.1 Å². The number of amides is 2. The van der Waals surface area contributed by atoms with E-state index in [0.717, 1.165) is 48.2 Å². The summed E-state index contributed by atoms with van der Waals surface area (Å²) in [5.74, 6) is 0.100. The zero-order valence-electron chi connectivity index (χ0n) is 22.6. The molecule has 1 fully saturated rings. The van der Waals surface area contributed by atoms with Crippen LogP contribution in [0.4, 0.5) is 5.69 Å². The molecule has 0 spiro atoms. The molecule has 5 N–H and O–H groups in total. The third-order valence-corrected chi connectivity index (χ3v) is 8.12. The number of nitrogens with one attached hydrogen (secondary N) is 3. The van der Waals surface area contributed by atoms with E-state index in [2.05, 4.69) is 34.1 Å². The molecule has 1 saturated heterocycles. The number of fused-ring (bicyclic) bond motifs is 1. The summed E-state index contributed by atoms with van der Waals surface area (Å²) in [6.07, 6.45) is 2.88. The minimum absolute atomic E-state index is 0.0515. The monoisotopic (exact) mass is 558 g/mol. The molecular weight excluding hydrogens is 522 g/mol. The van der Waals surface area contributed by atoms with Crippen LogP contribution in [0.5, 0.6) is 0 Å². The summed E-state index contributed by atoms with van der Waals surface area (Å²) in [5, 5.41) is 10.4. The first-order valence-corrected chi connectivity index (χ1v) is 14.4. The highest BCUT2D eigenvalue weighted by atomic mass is 35.5. The third-order valence-electron chi connectivity index (χ3n) is 7.87. The van der Waals surface area contributed by atoms with Crippen molar-refractivity contribution in [3.8, 4) is 0 Å². The first-order valence-electron chi connectivity index (χ1n) is 14.1. The van der Waals surface area contributed by atoms with Crippen LogP contribution in [-0.2, 0) is 22.4 Å². The van der Waals surface area contributed by atoms with Gasteiger partial charge in [0.15, 0.2) is 0 Å². The van der Waals surface area contributed by atoms with Crippen molar-refractivity contribution in [1.82, 2.24) is 15.5 Å². The normalized spacial score (nSPS) is 18.1. The zero-order chi connectivity index (χ0) is 27.9. The van der Waals surface area contributed by atoms with Crippen LogP contribution in [-0.4, -0.2) is 48.9 Å². The molecule has 7 nitrogen and oxygen atoms in total. The Bertz CT molecular complexity index is 1310. The second kappa shape index (κ2) is 13.3. The van der Waals surface area contributed by atoms with Crippen LogP contribution in [0.25, 0.3) is 0 Å². The molecule has 2 amide bonds. The number of carbonyl (C=O) groups excluding carboxylic acids is 2. The standard InChI is InChI=1S/C32H37ClN5O2/c33-25-11-9-22(10-12-25)21-29(37-31(39)30-27-7-2-1-5-23(27)13-17-36-30)32(40)38-19-14-24(15-20-38)26-6-3-4-8-28(26)35-18-16-34/h1-12,17,24,29-30,35-36H,13-16,18-21,34H2,(H,37,39)/t29-,30?/m1/s1. The topological polar surface area (TPSA) is 99.5 Å². The number of halogens is 1. The number of benzene rings is 3. The van der Waals surface area contributed by atoms with Crippen molar-refractivity contribution in [2.75, 3.05) is 31.5 Å². The van der Waals surface area contributed by atoms with E-state index in [1.54, 1.807) is 0 Å². The van der Waals surface area contributed by atoms with Gasteiger partial charge >= 0.3 is 0 Å². The summed E-state index contributed by atoms with van der Waals surface area (Å²) < 4.78 is 0. The predicted molar refractivity (Wildman–Crippen MR) is 160 cm³/mol. The second-order valence-corrected chi connectivity index (χ2v) is 10.9.